The zero-order chi connectivity index (χ0) is 16.1. The average Bonchev–Trinajstić information content (AvgIpc) is 2.84. The highest BCUT2D eigenvalue weighted by atomic mass is 19.1. The van der Waals surface area contributed by atoms with E-state index in [1.165, 1.54) is 37.8 Å². The number of ether oxygens (including phenoxy) is 1. The molecule has 2 aliphatic heterocycles. The van der Waals surface area contributed by atoms with Gasteiger partial charge >= 0.3 is 0 Å². The summed E-state index contributed by atoms with van der Waals surface area (Å²) in [4.78, 5) is 16.7. The van der Waals surface area contributed by atoms with Crippen molar-refractivity contribution in [2.75, 3.05) is 39.3 Å². The summed E-state index contributed by atoms with van der Waals surface area (Å²) in [6.45, 7) is 4.29. The first-order valence-corrected chi connectivity index (χ1v) is 8.59. The Bertz CT molecular complexity index is 512. The molecule has 1 aromatic rings. The largest absolute Gasteiger partial charge is 0.370 e. The lowest BCUT2D eigenvalue weighted by atomic mass is 10.1. The van der Waals surface area contributed by atoms with Crippen LogP contribution in [0.5, 0.6) is 0 Å². The normalized spacial score (nSPS) is 23.5. The third-order valence-corrected chi connectivity index (χ3v) is 4.72. The number of morpholine rings is 1. The van der Waals surface area contributed by atoms with E-state index >= 15 is 0 Å². The van der Waals surface area contributed by atoms with Gasteiger partial charge in [-0.15, -0.1) is 0 Å². The van der Waals surface area contributed by atoms with E-state index in [1.54, 1.807) is 12.1 Å². The molecule has 0 aliphatic carbocycles. The van der Waals surface area contributed by atoms with Gasteiger partial charge in [-0.1, -0.05) is 25.0 Å². The molecule has 2 saturated heterocycles. The summed E-state index contributed by atoms with van der Waals surface area (Å²) in [6, 6.07) is 6.36. The maximum Gasteiger partial charge on any atom is 0.236 e. The van der Waals surface area contributed by atoms with Crippen LogP contribution in [0.3, 0.4) is 0 Å². The minimum Gasteiger partial charge on any atom is -0.370 e. The van der Waals surface area contributed by atoms with Gasteiger partial charge in [-0.25, -0.2) is 4.39 Å². The molecule has 23 heavy (non-hydrogen) atoms. The lowest BCUT2D eigenvalue weighted by molar-refractivity contribution is -0.140. The summed E-state index contributed by atoms with van der Waals surface area (Å²) in [5.74, 6) is -0.0685. The van der Waals surface area contributed by atoms with E-state index in [4.69, 9.17) is 4.74 Å². The molecule has 1 amide bonds. The lowest BCUT2D eigenvalue weighted by Crippen LogP contribution is -2.46. The van der Waals surface area contributed by atoms with Crippen LogP contribution >= 0.6 is 0 Å². The van der Waals surface area contributed by atoms with Gasteiger partial charge in [0.25, 0.3) is 0 Å². The zero-order valence-corrected chi connectivity index (χ0v) is 13.5. The number of amides is 1. The van der Waals surface area contributed by atoms with Gasteiger partial charge in [-0.05, 0) is 43.6 Å². The molecule has 0 aromatic heterocycles. The predicted octanol–water partition coefficient (Wildman–Crippen LogP) is 2.60. The van der Waals surface area contributed by atoms with Crippen LogP contribution in [0.1, 0.15) is 37.4 Å². The van der Waals surface area contributed by atoms with Crippen molar-refractivity contribution >= 4 is 5.91 Å². The Kier molecular flexibility index (Phi) is 5.62. The molecule has 0 bridgehead atoms. The minimum atomic E-state index is -0.251. The molecule has 2 fully saturated rings. The summed E-state index contributed by atoms with van der Waals surface area (Å²) in [6.07, 6.45) is 4.77. The second-order valence-electron chi connectivity index (χ2n) is 6.44. The minimum absolute atomic E-state index is 0.155. The molecule has 2 aliphatic rings. The van der Waals surface area contributed by atoms with Crippen molar-refractivity contribution in [3.63, 3.8) is 0 Å². The van der Waals surface area contributed by atoms with E-state index in [0.29, 0.717) is 26.2 Å². The van der Waals surface area contributed by atoms with Crippen molar-refractivity contribution in [2.24, 2.45) is 0 Å². The summed E-state index contributed by atoms with van der Waals surface area (Å²) in [5.41, 5.74) is 0.929. The third-order valence-electron chi connectivity index (χ3n) is 4.72. The van der Waals surface area contributed by atoms with Crippen molar-refractivity contribution in [2.45, 2.75) is 31.8 Å². The molecular weight excluding hydrogens is 295 g/mol. The van der Waals surface area contributed by atoms with Gasteiger partial charge in [0.15, 0.2) is 0 Å². The first kappa shape index (κ1) is 16.4. The van der Waals surface area contributed by atoms with Gasteiger partial charge < -0.3 is 9.64 Å². The number of carbonyl (C=O) groups is 1. The number of rotatable bonds is 3. The number of carbonyl (C=O) groups excluding carboxylic acids is 1. The van der Waals surface area contributed by atoms with Crippen LogP contribution in [0, 0.1) is 5.82 Å². The van der Waals surface area contributed by atoms with E-state index in [2.05, 4.69) is 4.90 Å². The van der Waals surface area contributed by atoms with Gasteiger partial charge in [0.2, 0.25) is 5.91 Å². The Morgan fingerprint density at radius 1 is 1.09 bits per heavy atom. The maximum atomic E-state index is 13.0. The van der Waals surface area contributed by atoms with Gasteiger partial charge in [-0.2, -0.15) is 0 Å². The molecule has 0 spiro atoms. The number of halogens is 1. The van der Waals surface area contributed by atoms with E-state index in [1.807, 2.05) is 4.90 Å². The Hall–Kier alpha value is -1.46. The standard InChI is InChI=1S/C18H25FN2O2/c19-16-7-5-15(6-8-16)17-13-21(11-12-23-17)18(22)14-20-9-3-1-2-4-10-20/h5-8,17H,1-4,9-14H2. The Morgan fingerprint density at radius 2 is 1.78 bits per heavy atom. The maximum absolute atomic E-state index is 13.0. The first-order chi connectivity index (χ1) is 11.2. The predicted molar refractivity (Wildman–Crippen MR) is 86.6 cm³/mol. The van der Waals surface area contributed by atoms with Crippen molar-refractivity contribution in [3.05, 3.63) is 35.6 Å². The van der Waals surface area contributed by atoms with Crippen molar-refractivity contribution in [3.8, 4) is 0 Å². The smallest absolute Gasteiger partial charge is 0.236 e. The van der Waals surface area contributed by atoms with E-state index in [9.17, 15) is 9.18 Å². The highest BCUT2D eigenvalue weighted by Gasteiger charge is 2.26. The Morgan fingerprint density at radius 3 is 2.48 bits per heavy atom. The van der Waals surface area contributed by atoms with E-state index in [-0.39, 0.29) is 17.8 Å². The second-order valence-corrected chi connectivity index (χ2v) is 6.44. The number of nitrogens with zero attached hydrogens (tertiary/aromatic N) is 2. The fraction of sp³-hybridized carbons (Fsp3) is 0.611. The molecule has 0 radical (unpaired) electrons. The van der Waals surface area contributed by atoms with Crippen LogP contribution in [-0.4, -0.2) is 55.0 Å². The van der Waals surface area contributed by atoms with Crippen LogP contribution in [0.2, 0.25) is 0 Å². The summed E-state index contributed by atoms with van der Waals surface area (Å²) in [5, 5.41) is 0. The lowest BCUT2D eigenvalue weighted by Gasteiger charge is -2.34. The number of hydrogen-bond acceptors (Lipinski definition) is 3. The number of likely N-dealkylation sites (tertiary alicyclic amines) is 1. The monoisotopic (exact) mass is 320 g/mol. The molecule has 1 unspecified atom stereocenters. The van der Waals surface area contributed by atoms with Gasteiger partial charge in [0, 0.05) is 6.54 Å². The molecule has 0 N–H and O–H groups in total. The van der Waals surface area contributed by atoms with Crippen molar-refractivity contribution < 1.29 is 13.9 Å². The highest BCUT2D eigenvalue weighted by Crippen LogP contribution is 2.22. The van der Waals surface area contributed by atoms with Crippen LogP contribution in [0.4, 0.5) is 4.39 Å². The molecule has 0 saturated carbocycles. The molecular formula is C18H25FN2O2. The van der Waals surface area contributed by atoms with Crippen molar-refractivity contribution in [1.29, 1.82) is 0 Å². The van der Waals surface area contributed by atoms with Crippen LogP contribution in [0.15, 0.2) is 24.3 Å². The molecule has 3 rings (SSSR count). The quantitative estimate of drug-likeness (QED) is 0.858. The third kappa shape index (κ3) is 4.52. The van der Waals surface area contributed by atoms with Crippen LogP contribution in [0.25, 0.3) is 0 Å². The fourth-order valence-electron chi connectivity index (χ4n) is 3.34. The van der Waals surface area contributed by atoms with E-state index in [0.717, 1.165) is 18.7 Å². The topological polar surface area (TPSA) is 32.8 Å². The second kappa shape index (κ2) is 7.88. The summed E-state index contributed by atoms with van der Waals surface area (Å²) >= 11 is 0. The molecule has 126 valence electrons. The van der Waals surface area contributed by atoms with Gasteiger partial charge in [0.1, 0.15) is 11.9 Å². The summed E-state index contributed by atoms with van der Waals surface area (Å²) in [7, 11) is 0. The van der Waals surface area contributed by atoms with Crippen molar-refractivity contribution in [1.82, 2.24) is 9.80 Å². The molecule has 1 atom stereocenters. The summed E-state index contributed by atoms with van der Waals surface area (Å²) < 4.78 is 18.8. The fourth-order valence-corrected chi connectivity index (χ4v) is 3.34. The van der Waals surface area contributed by atoms with Gasteiger partial charge in [0.05, 0.1) is 19.7 Å². The Labute approximate surface area is 137 Å². The first-order valence-electron chi connectivity index (χ1n) is 8.59. The zero-order valence-electron chi connectivity index (χ0n) is 13.5. The highest BCUT2D eigenvalue weighted by molar-refractivity contribution is 5.78. The SMILES string of the molecule is O=C(CN1CCCCCC1)N1CCOC(c2ccc(F)cc2)C1. The molecule has 2 heterocycles. The Balaban J connectivity index is 1.56. The molecule has 5 heteroatoms. The van der Waals surface area contributed by atoms with Crippen LogP contribution < -0.4 is 0 Å². The molecule has 1 aromatic carbocycles. The van der Waals surface area contributed by atoms with E-state index < -0.39 is 0 Å². The number of hydrogen-bond donors (Lipinski definition) is 0. The van der Waals surface area contributed by atoms with Crippen LogP contribution in [-0.2, 0) is 9.53 Å². The average molecular weight is 320 g/mol. The molecule has 4 nitrogen and oxygen atoms in total. The number of benzene rings is 1. The van der Waals surface area contributed by atoms with Gasteiger partial charge in [-0.3, -0.25) is 9.69 Å².